The first kappa shape index (κ1) is 21.9. The van der Waals surface area contributed by atoms with E-state index in [9.17, 15) is 18.0 Å². The second kappa shape index (κ2) is 8.14. The monoisotopic (exact) mass is 484 g/mol. The second-order valence-corrected chi connectivity index (χ2v) is 8.13. The van der Waals surface area contributed by atoms with E-state index >= 15 is 0 Å². The summed E-state index contributed by atoms with van der Waals surface area (Å²) >= 11 is 6.02. The van der Waals surface area contributed by atoms with Crippen LogP contribution in [0.1, 0.15) is 0 Å². The molecular weight excluding hydrogens is 469 g/mol. The molecule has 5 aromatic rings. The average molecular weight is 485 g/mol. The van der Waals surface area contributed by atoms with Gasteiger partial charge >= 0.3 is 6.18 Å². The molecule has 0 bridgehead atoms. The predicted molar refractivity (Wildman–Crippen MR) is 124 cm³/mol. The fourth-order valence-electron chi connectivity index (χ4n) is 3.72. The fourth-order valence-corrected chi connectivity index (χ4v) is 3.85. The molecule has 34 heavy (non-hydrogen) atoms. The Kier molecular flexibility index (Phi) is 5.24. The van der Waals surface area contributed by atoms with Crippen LogP contribution in [0.15, 0.2) is 65.8 Å². The SMILES string of the molecule is Cn1cc2cc(-n3cc4cnc(NCC(F)(F)F)nc4c(-c4ccc(Cl)cc4)c3=O)ccc2n1. The van der Waals surface area contributed by atoms with Gasteiger partial charge in [-0.1, -0.05) is 23.7 Å². The lowest BCUT2D eigenvalue weighted by Crippen LogP contribution is -2.23. The minimum Gasteiger partial charge on any atom is -0.345 e. The quantitative estimate of drug-likeness (QED) is 0.390. The number of aryl methyl sites for hydroxylation is 1. The molecule has 0 fully saturated rings. The van der Waals surface area contributed by atoms with Crippen LogP contribution < -0.4 is 10.9 Å². The molecule has 0 saturated heterocycles. The highest BCUT2D eigenvalue weighted by atomic mass is 35.5. The number of pyridine rings is 1. The molecule has 0 aliphatic carbocycles. The van der Waals surface area contributed by atoms with Crippen LogP contribution in [0, 0.1) is 0 Å². The van der Waals surface area contributed by atoms with Crippen LogP contribution >= 0.6 is 11.6 Å². The van der Waals surface area contributed by atoms with Crippen LogP contribution in [-0.2, 0) is 7.05 Å². The van der Waals surface area contributed by atoms with E-state index in [0.717, 1.165) is 10.9 Å². The highest BCUT2D eigenvalue weighted by Crippen LogP contribution is 2.27. The zero-order valence-corrected chi connectivity index (χ0v) is 18.4. The Hall–Kier alpha value is -3.92. The maximum absolute atomic E-state index is 13.7. The van der Waals surface area contributed by atoms with Gasteiger partial charge in [-0.15, -0.1) is 0 Å². The van der Waals surface area contributed by atoms with Crippen LogP contribution in [-0.4, -0.2) is 37.0 Å². The number of anilines is 1. The molecule has 3 aromatic heterocycles. The first-order chi connectivity index (χ1) is 16.2. The Morgan fingerprint density at radius 1 is 1.06 bits per heavy atom. The van der Waals surface area contributed by atoms with E-state index in [1.165, 1.54) is 10.8 Å². The number of halogens is 4. The van der Waals surface area contributed by atoms with E-state index in [2.05, 4.69) is 20.4 Å². The number of benzene rings is 2. The number of rotatable bonds is 4. The molecule has 7 nitrogen and oxygen atoms in total. The van der Waals surface area contributed by atoms with Crippen molar-refractivity contribution >= 4 is 39.4 Å². The van der Waals surface area contributed by atoms with E-state index < -0.39 is 18.3 Å². The van der Waals surface area contributed by atoms with Gasteiger partial charge < -0.3 is 5.32 Å². The van der Waals surface area contributed by atoms with Gasteiger partial charge in [0.15, 0.2) is 0 Å². The Balaban J connectivity index is 1.73. The lowest BCUT2D eigenvalue weighted by molar-refractivity contribution is -0.115. The van der Waals surface area contributed by atoms with Crippen molar-refractivity contribution < 1.29 is 13.2 Å². The predicted octanol–water partition coefficient (Wildman–Crippen LogP) is 4.96. The van der Waals surface area contributed by atoms with Crippen molar-refractivity contribution in [2.45, 2.75) is 6.18 Å². The topological polar surface area (TPSA) is 77.6 Å². The summed E-state index contributed by atoms with van der Waals surface area (Å²) in [5, 5.41) is 8.32. The van der Waals surface area contributed by atoms with Crippen LogP contribution in [0.5, 0.6) is 0 Å². The third kappa shape index (κ3) is 4.19. The van der Waals surface area contributed by atoms with E-state index in [1.807, 2.05) is 25.4 Å². The molecule has 0 aliphatic rings. The number of aromatic nitrogens is 5. The summed E-state index contributed by atoms with van der Waals surface area (Å²) in [5.41, 5.74) is 1.96. The standard InChI is InChI=1S/C23H16ClF3N6O/c1-32-10-14-8-17(6-7-18(14)31-32)33-11-15-9-28-22(29-12-23(25,26)27)30-20(15)19(21(33)34)13-2-4-16(24)5-3-13/h2-11H,12H2,1H3,(H,29,30). The summed E-state index contributed by atoms with van der Waals surface area (Å²) in [6.07, 6.45) is 0.361. The summed E-state index contributed by atoms with van der Waals surface area (Å²) in [5.74, 6) is -0.228. The molecule has 0 radical (unpaired) electrons. The summed E-state index contributed by atoms with van der Waals surface area (Å²) in [4.78, 5) is 21.9. The minimum absolute atomic E-state index is 0.220. The van der Waals surface area contributed by atoms with E-state index in [0.29, 0.717) is 21.7 Å². The largest absolute Gasteiger partial charge is 0.405 e. The first-order valence-corrected chi connectivity index (χ1v) is 10.5. The summed E-state index contributed by atoms with van der Waals surface area (Å²) in [6, 6.07) is 12.0. The van der Waals surface area contributed by atoms with E-state index in [-0.39, 0.29) is 17.0 Å². The van der Waals surface area contributed by atoms with Gasteiger partial charge in [0.2, 0.25) is 5.95 Å². The van der Waals surface area contributed by atoms with Crippen LogP contribution in [0.4, 0.5) is 19.1 Å². The second-order valence-electron chi connectivity index (χ2n) is 7.70. The molecule has 0 aliphatic heterocycles. The Morgan fingerprint density at radius 3 is 2.56 bits per heavy atom. The van der Waals surface area contributed by atoms with Gasteiger partial charge in [0.25, 0.3) is 5.56 Å². The molecule has 1 N–H and O–H groups in total. The summed E-state index contributed by atoms with van der Waals surface area (Å²) in [7, 11) is 1.81. The number of hydrogen-bond acceptors (Lipinski definition) is 5. The smallest absolute Gasteiger partial charge is 0.345 e. The highest BCUT2D eigenvalue weighted by Gasteiger charge is 2.27. The molecule has 0 spiro atoms. The van der Waals surface area contributed by atoms with Crippen molar-refractivity contribution in [1.29, 1.82) is 0 Å². The lowest BCUT2D eigenvalue weighted by atomic mass is 10.0. The molecule has 3 heterocycles. The summed E-state index contributed by atoms with van der Waals surface area (Å²) < 4.78 is 41.1. The Morgan fingerprint density at radius 2 is 1.82 bits per heavy atom. The van der Waals surface area contributed by atoms with Crippen molar-refractivity contribution in [3.8, 4) is 16.8 Å². The Labute approximate surface area is 195 Å². The molecule has 0 amide bonds. The molecular formula is C23H16ClF3N6O. The zero-order chi connectivity index (χ0) is 24.0. The number of fused-ring (bicyclic) bond motifs is 2. The van der Waals surface area contributed by atoms with Gasteiger partial charge in [-0.2, -0.15) is 18.3 Å². The van der Waals surface area contributed by atoms with Gasteiger partial charge in [0.05, 0.1) is 16.6 Å². The van der Waals surface area contributed by atoms with Gasteiger partial charge in [-0.05, 0) is 35.9 Å². The highest BCUT2D eigenvalue weighted by molar-refractivity contribution is 6.30. The van der Waals surface area contributed by atoms with Gasteiger partial charge in [-0.25, -0.2) is 9.97 Å². The van der Waals surface area contributed by atoms with Gasteiger partial charge in [-0.3, -0.25) is 14.0 Å². The maximum Gasteiger partial charge on any atom is 0.405 e. The molecule has 172 valence electrons. The lowest BCUT2D eigenvalue weighted by Gasteiger charge is -2.14. The third-order valence-corrected chi connectivity index (χ3v) is 5.47. The summed E-state index contributed by atoms with van der Waals surface area (Å²) in [6.45, 7) is -1.29. The zero-order valence-electron chi connectivity index (χ0n) is 17.6. The van der Waals surface area contributed by atoms with Crippen molar-refractivity contribution in [2.75, 3.05) is 11.9 Å². The third-order valence-electron chi connectivity index (χ3n) is 5.22. The molecule has 0 unspecified atom stereocenters. The first-order valence-electron chi connectivity index (χ1n) is 10.1. The normalized spacial score (nSPS) is 11.9. The molecule has 0 atom stereocenters. The average Bonchev–Trinajstić information content (AvgIpc) is 3.17. The molecule has 5 rings (SSSR count). The molecule has 2 aromatic carbocycles. The van der Waals surface area contributed by atoms with Crippen LogP contribution in [0.2, 0.25) is 5.02 Å². The van der Waals surface area contributed by atoms with Gasteiger partial charge in [0.1, 0.15) is 6.54 Å². The number of hydrogen-bond donors (Lipinski definition) is 1. The van der Waals surface area contributed by atoms with Crippen LogP contribution in [0.25, 0.3) is 38.6 Å². The molecule has 11 heteroatoms. The number of nitrogens with zero attached hydrogens (tertiary/aromatic N) is 5. The minimum atomic E-state index is -4.44. The number of alkyl halides is 3. The van der Waals surface area contributed by atoms with Crippen molar-refractivity contribution in [3.63, 3.8) is 0 Å². The van der Waals surface area contributed by atoms with E-state index in [1.54, 1.807) is 41.2 Å². The van der Waals surface area contributed by atoms with E-state index in [4.69, 9.17) is 11.6 Å². The molecule has 0 saturated carbocycles. The number of nitrogens with one attached hydrogen (secondary N) is 1. The maximum atomic E-state index is 13.7. The van der Waals surface area contributed by atoms with Crippen LogP contribution in [0.3, 0.4) is 0 Å². The Bertz CT molecular complexity index is 1590. The van der Waals surface area contributed by atoms with Gasteiger partial charge in [0, 0.05) is 47.1 Å². The van der Waals surface area contributed by atoms with Crippen molar-refractivity contribution in [1.82, 2.24) is 24.3 Å². The fraction of sp³-hybridized carbons (Fsp3) is 0.130. The van der Waals surface area contributed by atoms with Crippen molar-refractivity contribution in [3.05, 3.63) is 76.4 Å². The van der Waals surface area contributed by atoms with Crippen molar-refractivity contribution in [2.24, 2.45) is 7.05 Å².